The van der Waals surface area contributed by atoms with Crippen molar-refractivity contribution in [2.75, 3.05) is 19.8 Å². The Morgan fingerprint density at radius 3 is 1.09 bits per heavy atom. The maximum Gasteiger partial charge on any atom is 0.121 e. The summed E-state index contributed by atoms with van der Waals surface area (Å²) in [6, 6.07) is 0. The lowest BCUT2D eigenvalue weighted by molar-refractivity contribution is -0.211. The summed E-state index contributed by atoms with van der Waals surface area (Å²) in [6.07, 6.45) is 31.1. The average molecular weight is 631 g/mol. The van der Waals surface area contributed by atoms with Gasteiger partial charge in [-0.25, -0.2) is 0 Å². The monoisotopic (exact) mass is 631 g/mol. The molecule has 4 unspecified atom stereocenters. The largest absolute Gasteiger partial charge is 0.394 e. The molecule has 6 nitrogen and oxygen atoms in total. The second kappa shape index (κ2) is 32.7. The first-order valence-corrected chi connectivity index (χ1v) is 19.4. The third kappa shape index (κ3) is 24.0. The van der Waals surface area contributed by atoms with Gasteiger partial charge in [-0.3, -0.25) is 0 Å². The lowest BCUT2D eigenvalue weighted by atomic mass is 9.82. The van der Waals surface area contributed by atoms with Gasteiger partial charge in [-0.15, -0.1) is 0 Å². The van der Waals surface area contributed by atoms with Gasteiger partial charge in [0.05, 0.1) is 13.2 Å². The summed E-state index contributed by atoms with van der Waals surface area (Å²) in [4.78, 5) is 0. The zero-order chi connectivity index (χ0) is 32.6. The van der Waals surface area contributed by atoms with Gasteiger partial charge in [-0.2, -0.15) is 0 Å². The Morgan fingerprint density at radius 1 is 0.455 bits per heavy atom. The zero-order valence-corrected chi connectivity index (χ0v) is 29.5. The molecule has 6 heteroatoms. The molecule has 0 saturated carbocycles. The fraction of sp³-hybridized carbons (Fsp3) is 1.00. The van der Waals surface area contributed by atoms with Crippen molar-refractivity contribution in [2.45, 2.75) is 224 Å². The first-order valence-electron chi connectivity index (χ1n) is 19.4. The molecule has 0 bridgehead atoms. The predicted octanol–water partition coefficient (Wildman–Crippen LogP) is 9.16. The highest BCUT2D eigenvalue weighted by molar-refractivity contribution is 4.97. The van der Waals surface area contributed by atoms with Crippen molar-refractivity contribution >= 4 is 0 Å². The Bertz CT molecular complexity index is 561. The Kier molecular flexibility index (Phi) is 32.5. The van der Waals surface area contributed by atoms with Crippen LogP contribution in [0.25, 0.3) is 0 Å². The molecule has 0 radical (unpaired) electrons. The van der Waals surface area contributed by atoms with Crippen LogP contribution in [0.5, 0.6) is 0 Å². The molecule has 0 aliphatic carbocycles. The Balaban J connectivity index is 4.17. The summed E-state index contributed by atoms with van der Waals surface area (Å²) in [6.45, 7) is 3.68. The molecule has 0 amide bonds. The number of aliphatic hydroxyl groups is 5. The van der Waals surface area contributed by atoms with Crippen molar-refractivity contribution in [3.05, 3.63) is 0 Å². The number of ether oxygens (including phenoxy) is 1. The molecule has 0 aromatic carbocycles. The van der Waals surface area contributed by atoms with Gasteiger partial charge in [0.2, 0.25) is 0 Å². The van der Waals surface area contributed by atoms with E-state index < -0.39 is 37.1 Å². The van der Waals surface area contributed by atoms with Crippen LogP contribution >= 0.6 is 0 Å². The van der Waals surface area contributed by atoms with E-state index >= 15 is 0 Å². The molecular weight excluding hydrogens is 552 g/mol. The number of hydrogen-bond acceptors (Lipinski definition) is 6. The highest BCUT2D eigenvalue weighted by atomic mass is 16.5. The molecule has 0 aromatic rings. The molecule has 0 aliphatic heterocycles. The van der Waals surface area contributed by atoms with E-state index in [9.17, 15) is 25.5 Å². The Morgan fingerprint density at radius 2 is 0.773 bits per heavy atom. The number of unbranched alkanes of at least 4 members (excludes halogenated alkanes) is 26. The van der Waals surface area contributed by atoms with Crippen molar-refractivity contribution in [1.29, 1.82) is 0 Å². The topological polar surface area (TPSA) is 110 Å². The Labute approximate surface area is 273 Å². The lowest BCUT2D eigenvalue weighted by Gasteiger charge is -2.41. The first-order chi connectivity index (χ1) is 21.5. The molecule has 5 N–H and O–H groups in total. The highest BCUT2D eigenvalue weighted by Gasteiger charge is 2.46. The molecular formula is C38H78O6. The normalized spacial score (nSPS) is 15.3. The SMILES string of the molecule is CCCCCCCCCCCCCCCCOC(C(O)CO)C(O)(CCCCCCCCCCCCCCCC)C(O)CO. The van der Waals surface area contributed by atoms with Crippen LogP contribution in [0.2, 0.25) is 0 Å². The minimum atomic E-state index is -1.80. The fourth-order valence-electron chi connectivity index (χ4n) is 6.45. The lowest BCUT2D eigenvalue weighted by Crippen LogP contribution is -2.59. The standard InChI is InChI=1S/C38H78O6/c1-3-5-7-9-11-13-15-17-19-21-23-25-27-29-31-38(43,36(42)34-40)37(35(41)33-39)44-32-30-28-26-24-22-20-18-16-14-12-10-8-6-4-2/h35-37,39-43H,3-34H2,1-2H3. The van der Waals surface area contributed by atoms with Crippen LogP contribution in [0.4, 0.5) is 0 Å². The van der Waals surface area contributed by atoms with Crippen molar-refractivity contribution in [2.24, 2.45) is 0 Å². The number of aliphatic hydroxyl groups excluding tert-OH is 4. The molecule has 4 atom stereocenters. The summed E-state index contributed by atoms with van der Waals surface area (Å²) in [7, 11) is 0. The number of rotatable bonds is 36. The average Bonchev–Trinajstić information content (AvgIpc) is 3.03. The van der Waals surface area contributed by atoms with Gasteiger partial charge in [0.25, 0.3) is 0 Å². The quantitative estimate of drug-likeness (QED) is 0.0442. The van der Waals surface area contributed by atoms with Crippen LogP contribution in [0.3, 0.4) is 0 Å². The van der Waals surface area contributed by atoms with Crippen LogP contribution < -0.4 is 0 Å². The maximum absolute atomic E-state index is 11.4. The molecule has 0 heterocycles. The summed E-state index contributed by atoms with van der Waals surface area (Å²) in [5.41, 5.74) is -1.80. The minimum Gasteiger partial charge on any atom is -0.394 e. The molecule has 44 heavy (non-hydrogen) atoms. The van der Waals surface area contributed by atoms with Crippen LogP contribution in [-0.2, 0) is 4.74 Å². The van der Waals surface area contributed by atoms with Crippen LogP contribution in [0.15, 0.2) is 0 Å². The maximum atomic E-state index is 11.4. The fourth-order valence-corrected chi connectivity index (χ4v) is 6.45. The van der Waals surface area contributed by atoms with Crippen LogP contribution in [0.1, 0.15) is 200 Å². The first kappa shape index (κ1) is 43.8. The van der Waals surface area contributed by atoms with E-state index in [-0.39, 0.29) is 6.42 Å². The van der Waals surface area contributed by atoms with Gasteiger partial charge in [0, 0.05) is 6.61 Å². The van der Waals surface area contributed by atoms with Gasteiger partial charge in [-0.05, 0) is 12.8 Å². The Hall–Kier alpha value is -0.240. The van der Waals surface area contributed by atoms with Crippen molar-refractivity contribution < 1.29 is 30.3 Å². The predicted molar refractivity (Wildman–Crippen MR) is 186 cm³/mol. The second-order valence-electron chi connectivity index (χ2n) is 13.7. The van der Waals surface area contributed by atoms with E-state index in [0.717, 1.165) is 38.5 Å². The highest BCUT2D eigenvalue weighted by Crippen LogP contribution is 2.29. The number of hydrogen-bond donors (Lipinski definition) is 5. The van der Waals surface area contributed by atoms with E-state index in [2.05, 4.69) is 13.8 Å². The van der Waals surface area contributed by atoms with E-state index in [1.54, 1.807) is 0 Å². The van der Waals surface area contributed by atoms with E-state index in [1.807, 2.05) is 0 Å². The molecule has 0 spiro atoms. The summed E-state index contributed by atoms with van der Waals surface area (Å²) in [5.74, 6) is 0. The van der Waals surface area contributed by atoms with Crippen molar-refractivity contribution in [3.8, 4) is 0 Å². The van der Waals surface area contributed by atoms with E-state index in [0.29, 0.717) is 13.0 Å². The summed E-state index contributed by atoms with van der Waals surface area (Å²) in [5, 5.41) is 51.8. The van der Waals surface area contributed by atoms with Gasteiger partial charge in [-0.1, -0.05) is 187 Å². The molecule has 0 aromatic heterocycles. The van der Waals surface area contributed by atoms with E-state index in [4.69, 9.17) is 4.74 Å². The van der Waals surface area contributed by atoms with Gasteiger partial charge in [0.15, 0.2) is 0 Å². The van der Waals surface area contributed by atoms with E-state index in [1.165, 1.54) is 135 Å². The second-order valence-corrected chi connectivity index (χ2v) is 13.7. The molecule has 0 rings (SSSR count). The van der Waals surface area contributed by atoms with Gasteiger partial charge >= 0.3 is 0 Å². The molecule has 0 aliphatic rings. The third-order valence-electron chi connectivity index (χ3n) is 9.51. The van der Waals surface area contributed by atoms with Crippen molar-refractivity contribution in [3.63, 3.8) is 0 Å². The van der Waals surface area contributed by atoms with Crippen LogP contribution in [0, 0.1) is 0 Å². The third-order valence-corrected chi connectivity index (χ3v) is 9.51. The smallest absolute Gasteiger partial charge is 0.121 e. The molecule has 0 saturated heterocycles. The van der Waals surface area contributed by atoms with Gasteiger partial charge in [0.1, 0.15) is 23.9 Å². The van der Waals surface area contributed by atoms with Gasteiger partial charge < -0.3 is 30.3 Å². The van der Waals surface area contributed by atoms with Crippen molar-refractivity contribution in [1.82, 2.24) is 0 Å². The minimum absolute atomic E-state index is 0.216. The summed E-state index contributed by atoms with van der Waals surface area (Å²) >= 11 is 0. The van der Waals surface area contributed by atoms with Crippen LogP contribution in [-0.4, -0.2) is 69.3 Å². The molecule has 0 fully saturated rings. The molecule has 266 valence electrons. The zero-order valence-electron chi connectivity index (χ0n) is 29.5. The summed E-state index contributed by atoms with van der Waals surface area (Å²) < 4.78 is 5.93.